The fourth-order valence-electron chi connectivity index (χ4n) is 2.87. The monoisotopic (exact) mass is 342 g/mol. The molecule has 0 spiro atoms. The van der Waals surface area contributed by atoms with Crippen LogP contribution in [0, 0.1) is 5.92 Å². The van der Waals surface area contributed by atoms with Crippen LogP contribution >= 0.6 is 0 Å². The quantitative estimate of drug-likeness (QED) is 0.313. The molecule has 3 rings (SSSR count). The van der Waals surface area contributed by atoms with Crippen LogP contribution in [0.15, 0.2) is 41.4 Å². The van der Waals surface area contributed by atoms with Crippen LogP contribution in [0.2, 0.25) is 0 Å². The van der Waals surface area contributed by atoms with Crippen molar-refractivity contribution in [3.05, 3.63) is 42.0 Å². The lowest BCUT2D eigenvalue weighted by atomic mass is 10.2. The van der Waals surface area contributed by atoms with Gasteiger partial charge in [-0.15, -0.1) is 0 Å². The highest BCUT2D eigenvalue weighted by molar-refractivity contribution is 5.79. The van der Waals surface area contributed by atoms with Crippen LogP contribution in [0.25, 0.3) is 0 Å². The van der Waals surface area contributed by atoms with Crippen LogP contribution in [-0.4, -0.2) is 45.9 Å². The van der Waals surface area contributed by atoms with Crippen LogP contribution in [0.1, 0.15) is 24.8 Å². The van der Waals surface area contributed by atoms with Gasteiger partial charge in [0.2, 0.25) is 0 Å². The third-order valence-corrected chi connectivity index (χ3v) is 4.59. The Morgan fingerprint density at radius 3 is 2.84 bits per heavy atom. The number of rotatable bonds is 9. The van der Waals surface area contributed by atoms with Crippen LogP contribution in [0.3, 0.4) is 0 Å². The van der Waals surface area contributed by atoms with E-state index in [0.717, 1.165) is 57.7 Å². The van der Waals surface area contributed by atoms with E-state index < -0.39 is 0 Å². The van der Waals surface area contributed by atoms with E-state index in [1.165, 1.54) is 24.1 Å². The molecule has 25 heavy (non-hydrogen) atoms. The first-order valence-corrected chi connectivity index (χ1v) is 9.36. The average molecular weight is 342 g/mol. The number of hydrogen-bond acceptors (Lipinski definition) is 3. The lowest BCUT2D eigenvalue weighted by Crippen LogP contribution is -2.37. The van der Waals surface area contributed by atoms with Crippen molar-refractivity contribution in [3.63, 3.8) is 0 Å². The van der Waals surface area contributed by atoms with Crippen molar-refractivity contribution in [3.8, 4) is 0 Å². The maximum absolute atomic E-state index is 5.65. The van der Waals surface area contributed by atoms with Crippen molar-refractivity contribution in [1.82, 2.24) is 10.6 Å². The maximum atomic E-state index is 5.65. The summed E-state index contributed by atoms with van der Waals surface area (Å²) in [4.78, 5) is 6.65. The van der Waals surface area contributed by atoms with Gasteiger partial charge in [0, 0.05) is 52.1 Å². The summed E-state index contributed by atoms with van der Waals surface area (Å²) in [5, 5.41) is 6.74. The van der Waals surface area contributed by atoms with Gasteiger partial charge in [-0.1, -0.05) is 24.3 Å². The lowest BCUT2D eigenvalue weighted by molar-refractivity contribution is 0.123. The summed E-state index contributed by atoms with van der Waals surface area (Å²) in [6.45, 7) is 5.42. The van der Waals surface area contributed by atoms with Gasteiger partial charge in [-0.25, -0.2) is 0 Å². The molecule has 1 fully saturated rings. The van der Waals surface area contributed by atoms with Gasteiger partial charge in [-0.05, 0) is 42.9 Å². The highest BCUT2D eigenvalue weighted by atomic mass is 16.5. The minimum atomic E-state index is 0.771. The summed E-state index contributed by atoms with van der Waals surface area (Å²) >= 11 is 0. The second-order valence-corrected chi connectivity index (χ2v) is 6.77. The molecule has 0 radical (unpaired) electrons. The second-order valence-electron chi connectivity index (χ2n) is 6.77. The molecule has 0 aromatic heterocycles. The highest BCUT2D eigenvalue weighted by Crippen LogP contribution is 2.28. The Labute approximate surface area is 151 Å². The average Bonchev–Trinajstić information content (AvgIpc) is 3.30. The van der Waals surface area contributed by atoms with E-state index >= 15 is 0 Å². The van der Waals surface area contributed by atoms with Gasteiger partial charge in [-0.2, -0.15) is 0 Å². The van der Waals surface area contributed by atoms with Crippen molar-refractivity contribution >= 4 is 11.6 Å². The normalized spacial score (nSPS) is 17.2. The predicted octanol–water partition coefficient (Wildman–Crippen LogP) is 2.54. The number of aliphatic imine (C=N–C) groups is 1. The third-order valence-electron chi connectivity index (χ3n) is 4.59. The smallest absolute Gasteiger partial charge is 0.191 e. The zero-order valence-corrected chi connectivity index (χ0v) is 15.2. The van der Waals surface area contributed by atoms with Crippen LogP contribution in [0.4, 0.5) is 5.69 Å². The van der Waals surface area contributed by atoms with E-state index in [9.17, 15) is 0 Å². The molecule has 1 saturated carbocycles. The van der Waals surface area contributed by atoms with Gasteiger partial charge < -0.3 is 20.3 Å². The van der Waals surface area contributed by atoms with E-state index in [4.69, 9.17) is 4.74 Å². The van der Waals surface area contributed by atoms with Crippen molar-refractivity contribution in [2.24, 2.45) is 10.9 Å². The molecule has 136 valence electrons. The molecule has 2 aliphatic rings. The Morgan fingerprint density at radius 1 is 1.24 bits per heavy atom. The molecule has 0 amide bonds. The number of ether oxygens (including phenoxy) is 1. The molecule has 1 heterocycles. The molecule has 1 aliphatic heterocycles. The van der Waals surface area contributed by atoms with E-state index in [1.54, 1.807) is 0 Å². The SMILES string of the molecule is CN=C(NCCCOCC1CC1)NCc1cccc(N2CC=CC2)c1. The summed E-state index contributed by atoms with van der Waals surface area (Å²) in [5.74, 6) is 1.69. The fraction of sp³-hybridized carbons (Fsp3) is 0.550. The highest BCUT2D eigenvalue weighted by Gasteiger charge is 2.20. The molecule has 5 nitrogen and oxygen atoms in total. The molecule has 5 heteroatoms. The number of hydrogen-bond donors (Lipinski definition) is 2. The number of benzene rings is 1. The minimum absolute atomic E-state index is 0.771. The largest absolute Gasteiger partial charge is 0.381 e. The zero-order valence-electron chi connectivity index (χ0n) is 15.2. The zero-order chi connectivity index (χ0) is 17.3. The number of guanidine groups is 1. The van der Waals surface area contributed by atoms with Crippen molar-refractivity contribution < 1.29 is 4.74 Å². The molecular formula is C20H30N4O. The third kappa shape index (κ3) is 6.09. The molecule has 0 bridgehead atoms. The van der Waals surface area contributed by atoms with Gasteiger partial charge >= 0.3 is 0 Å². The first-order chi connectivity index (χ1) is 12.3. The summed E-state index contributed by atoms with van der Waals surface area (Å²) in [7, 11) is 1.81. The molecular weight excluding hydrogens is 312 g/mol. The maximum Gasteiger partial charge on any atom is 0.191 e. The minimum Gasteiger partial charge on any atom is -0.381 e. The van der Waals surface area contributed by atoms with E-state index in [0.29, 0.717) is 0 Å². The molecule has 1 aliphatic carbocycles. The summed E-state index contributed by atoms with van der Waals surface area (Å²) in [6, 6.07) is 8.70. The van der Waals surface area contributed by atoms with Gasteiger partial charge in [0.1, 0.15) is 0 Å². The molecule has 0 saturated heterocycles. The number of anilines is 1. The molecule has 2 N–H and O–H groups in total. The van der Waals surface area contributed by atoms with E-state index in [-0.39, 0.29) is 0 Å². The number of nitrogens with zero attached hydrogens (tertiary/aromatic N) is 2. The van der Waals surface area contributed by atoms with Gasteiger partial charge in [0.05, 0.1) is 0 Å². The standard InChI is InChI=1S/C20H30N4O/c1-21-20(22-10-5-13-25-16-17-8-9-17)23-15-18-6-4-7-19(14-18)24-11-2-3-12-24/h2-4,6-7,14,17H,5,8-13,15-16H2,1H3,(H2,21,22,23). The Hall–Kier alpha value is -2.01. The molecule has 0 unspecified atom stereocenters. The summed E-state index contributed by atoms with van der Waals surface area (Å²) in [5.41, 5.74) is 2.54. The Balaban J connectivity index is 1.35. The predicted molar refractivity (Wildman–Crippen MR) is 104 cm³/mol. The first kappa shape index (κ1) is 17.8. The van der Waals surface area contributed by atoms with E-state index in [2.05, 4.69) is 56.9 Å². The van der Waals surface area contributed by atoms with Crippen molar-refractivity contribution in [2.45, 2.75) is 25.8 Å². The summed E-state index contributed by atoms with van der Waals surface area (Å²) < 4.78 is 5.65. The lowest BCUT2D eigenvalue weighted by Gasteiger charge is -2.19. The molecule has 1 aromatic carbocycles. The van der Waals surface area contributed by atoms with Gasteiger partial charge in [0.15, 0.2) is 5.96 Å². The molecule has 0 atom stereocenters. The van der Waals surface area contributed by atoms with Crippen molar-refractivity contribution in [1.29, 1.82) is 0 Å². The first-order valence-electron chi connectivity index (χ1n) is 9.36. The van der Waals surface area contributed by atoms with Gasteiger partial charge in [-0.3, -0.25) is 4.99 Å². The van der Waals surface area contributed by atoms with Crippen LogP contribution in [0.5, 0.6) is 0 Å². The topological polar surface area (TPSA) is 48.9 Å². The van der Waals surface area contributed by atoms with E-state index in [1.807, 2.05) is 7.05 Å². The Kier molecular flexibility index (Phi) is 6.74. The Bertz CT molecular complexity index is 587. The van der Waals surface area contributed by atoms with Crippen LogP contribution in [-0.2, 0) is 11.3 Å². The fourth-order valence-corrected chi connectivity index (χ4v) is 2.87. The molecule has 1 aromatic rings. The Morgan fingerprint density at radius 2 is 2.08 bits per heavy atom. The van der Waals surface area contributed by atoms with Crippen LogP contribution < -0.4 is 15.5 Å². The van der Waals surface area contributed by atoms with Crippen molar-refractivity contribution in [2.75, 3.05) is 44.8 Å². The second kappa shape index (κ2) is 9.47. The van der Waals surface area contributed by atoms with Gasteiger partial charge in [0.25, 0.3) is 0 Å². The number of nitrogens with one attached hydrogen (secondary N) is 2. The summed E-state index contributed by atoms with van der Waals surface area (Å²) in [6.07, 6.45) is 8.13.